The Labute approximate surface area is 114 Å². The summed E-state index contributed by atoms with van der Waals surface area (Å²) in [5.74, 6) is 0.842. The van der Waals surface area contributed by atoms with Gasteiger partial charge < -0.3 is 9.64 Å². The molecule has 0 aliphatic heterocycles. The van der Waals surface area contributed by atoms with Crippen molar-refractivity contribution in [2.75, 3.05) is 26.1 Å². The van der Waals surface area contributed by atoms with Gasteiger partial charge in [-0.05, 0) is 42.0 Å². The number of ether oxygens (including phenoxy) is 1. The summed E-state index contributed by atoms with van der Waals surface area (Å²) in [4.78, 5) is 6.51. The summed E-state index contributed by atoms with van der Waals surface area (Å²) in [6.45, 7) is 0. The number of hydrogen-bond donors (Lipinski definition) is 0. The fraction of sp³-hybridized carbons (Fsp3) is 0.188. The summed E-state index contributed by atoms with van der Waals surface area (Å²) in [5, 5.41) is 0. The molecule has 19 heavy (non-hydrogen) atoms. The first-order chi connectivity index (χ1) is 9.19. The molecule has 3 heteroatoms. The zero-order valence-electron chi connectivity index (χ0n) is 11.5. The van der Waals surface area contributed by atoms with E-state index in [0.29, 0.717) is 0 Å². The highest BCUT2D eigenvalue weighted by Gasteiger charge is 1.94. The lowest BCUT2D eigenvalue weighted by Crippen LogP contribution is -2.08. The fourth-order valence-corrected chi connectivity index (χ4v) is 1.68. The lowest BCUT2D eigenvalue weighted by molar-refractivity contribution is 0.415. The molecule has 0 unspecified atom stereocenters. The Balaban J connectivity index is 2.08. The Morgan fingerprint density at radius 1 is 0.947 bits per heavy atom. The van der Waals surface area contributed by atoms with Gasteiger partial charge >= 0.3 is 0 Å². The number of benzene rings is 2. The standard InChI is InChI=1S/C16H18N2O/c1-18(2)15-8-4-13(5-9-15)12-17-14-6-10-16(19-3)11-7-14/h4-12H,1-3H3/b17-12+. The molecule has 0 saturated heterocycles. The molecular formula is C16H18N2O. The van der Waals surface area contributed by atoms with Crippen LogP contribution < -0.4 is 9.64 Å². The first kappa shape index (κ1) is 13.1. The monoisotopic (exact) mass is 254 g/mol. The predicted molar refractivity (Wildman–Crippen MR) is 81.0 cm³/mol. The molecule has 0 aromatic heterocycles. The van der Waals surface area contributed by atoms with E-state index in [-0.39, 0.29) is 0 Å². The van der Waals surface area contributed by atoms with Gasteiger partial charge in [0, 0.05) is 26.0 Å². The number of aliphatic imine (C=N–C) groups is 1. The van der Waals surface area contributed by atoms with Crippen molar-refractivity contribution in [2.24, 2.45) is 4.99 Å². The minimum atomic E-state index is 0.842. The average molecular weight is 254 g/mol. The zero-order chi connectivity index (χ0) is 13.7. The van der Waals surface area contributed by atoms with E-state index in [1.54, 1.807) is 7.11 Å². The van der Waals surface area contributed by atoms with Gasteiger partial charge in [-0.2, -0.15) is 0 Å². The molecule has 0 N–H and O–H groups in total. The molecule has 0 radical (unpaired) electrons. The Morgan fingerprint density at radius 3 is 2.11 bits per heavy atom. The molecule has 2 aromatic carbocycles. The van der Waals surface area contributed by atoms with Crippen LogP contribution in [0.5, 0.6) is 5.75 Å². The second-order valence-electron chi connectivity index (χ2n) is 4.44. The number of nitrogens with zero attached hydrogens (tertiary/aromatic N) is 2. The van der Waals surface area contributed by atoms with Gasteiger partial charge in [0.15, 0.2) is 0 Å². The second kappa shape index (κ2) is 6.05. The van der Waals surface area contributed by atoms with Crippen molar-refractivity contribution in [3.05, 3.63) is 54.1 Å². The molecule has 0 amide bonds. The molecule has 3 nitrogen and oxygen atoms in total. The highest BCUT2D eigenvalue weighted by molar-refractivity contribution is 5.82. The lowest BCUT2D eigenvalue weighted by atomic mass is 10.2. The van der Waals surface area contributed by atoms with E-state index in [9.17, 15) is 0 Å². The molecule has 0 aliphatic rings. The Hall–Kier alpha value is -2.29. The van der Waals surface area contributed by atoms with Crippen LogP contribution in [0.4, 0.5) is 11.4 Å². The van der Waals surface area contributed by atoms with Gasteiger partial charge in [0.2, 0.25) is 0 Å². The summed E-state index contributed by atoms with van der Waals surface area (Å²) in [6.07, 6.45) is 1.86. The van der Waals surface area contributed by atoms with Gasteiger partial charge in [0.05, 0.1) is 12.8 Å². The van der Waals surface area contributed by atoms with Gasteiger partial charge in [-0.25, -0.2) is 0 Å². The second-order valence-corrected chi connectivity index (χ2v) is 4.44. The maximum atomic E-state index is 5.11. The molecule has 0 atom stereocenters. The van der Waals surface area contributed by atoms with Crippen LogP contribution in [0.15, 0.2) is 53.5 Å². The average Bonchev–Trinajstić information content (AvgIpc) is 2.46. The van der Waals surface area contributed by atoms with Gasteiger partial charge in [0.1, 0.15) is 5.75 Å². The predicted octanol–water partition coefficient (Wildman–Crippen LogP) is 3.51. The fourth-order valence-electron chi connectivity index (χ4n) is 1.68. The van der Waals surface area contributed by atoms with Gasteiger partial charge in [-0.3, -0.25) is 4.99 Å². The van der Waals surface area contributed by atoms with E-state index in [4.69, 9.17) is 4.74 Å². The van der Waals surface area contributed by atoms with Crippen molar-refractivity contribution < 1.29 is 4.74 Å². The van der Waals surface area contributed by atoms with Crippen LogP contribution in [0.3, 0.4) is 0 Å². The van der Waals surface area contributed by atoms with E-state index >= 15 is 0 Å². The largest absolute Gasteiger partial charge is 0.497 e. The summed E-state index contributed by atoms with van der Waals surface area (Å²) >= 11 is 0. The minimum Gasteiger partial charge on any atom is -0.497 e. The molecule has 0 saturated carbocycles. The van der Waals surface area contributed by atoms with Crippen LogP contribution in [0.25, 0.3) is 0 Å². The minimum absolute atomic E-state index is 0.842. The summed E-state index contributed by atoms with van der Waals surface area (Å²) in [5.41, 5.74) is 3.18. The van der Waals surface area contributed by atoms with Crippen molar-refractivity contribution in [1.82, 2.24) is 0 Å². The molecular weight excluding hydrogens is 236 g/mol. The van der Waals surface area contributed by atoms with Crippen LogP contribution in [-0.4, -0.2) is 27.4 Å². The van der Waals surface area contributed by atoms with E-state index < -0.39 is 0 Å². The Morgan fingerprint density at radius 2 is 1.58 bits per heavy atom. The third kappa shape index (κ3) is 3.58. The molecule has 0 fully saturated rings. The van der Waals surface area contributed by atoms with Gasteiger partial charge in [-0.15, -0.1) is 0 Å². The van der Waals surface area contributed by atoms with Crippen molar-refractivity contribution >= 4 is 17.6 Å². The van der Waals surface area contributed by atoms with Crippen LogP contribution in [0.1, 0.15) is 5.56 Å². The van der Waals surface area contributed by atoms with Crippen LogP contribution >= 0.6 is 0 Å². The Kier molecular flexibility index (Phi) is 4.18. The smallest absolute Gasteiger partial charge is 0.119 e. The summed E-state index contributed by atoms with van der Waals surface area (Å²) in [7, 11) is 5.71. The van der Waals surface area contributed by atoms with Crippen molar-refractivity contribution in [3.63, 3.8) is 0 Å². The first-order valence-electron chi connectivity index (χ1n) is 6.14. The molecule has 0 bridgehead atoms. The number of rotatable bonds is 4. The molecule has 0 spiro atoms. The topological polar surface area (TPSA) is 24.8 Å². The quantitative estimate of drug-likeness (QED) is 0.780. The van der Waals surface area contributed by atoms with E-state index in [2.05, 4.69) is 34.2 Å². The highest BCUT2D eigenvalue weighted by atomic mass is 16.5. The lowest BCUT2D eigenvalue weighted by Gasteiger charge is -2.11. The molecule has 2 aromatic rings. The highest BCUT2D eigenvalue weighted by Crippen LogP contribution is 2.18. The normalized spacial score (nSPS) is 10.7. The third-order valence-electron chi connectivity index (χ3n) is 2.84. The Bertz CT molecular complexity index is 542. The van der Waals surface area contributed by atoms with Crippen molar-refractivity contribution in [3.8, 4) is 5.75 Å². The van der Waals surface area contributed by atoms with Crippen LogP contribution in [0, 0.1) is 0 Å². The van der Waals surface area contributed by atoms with Gasteiger partial charge in [-0.1, -0.05) is 12.1 Å². The first-order valence-corrected chi connectivity index (χ1v) is 6.14. The summed E-state index contributed by atoms with van der Waals surface area (Å²) < 4.78 is 5.11. The SMILES string of the molecule is COc1ccc(/N=C/c2ccc(N(C)C)cc2)cc1. The third-order valence-corrected chi connectivity index (χ3v) is 2.84. The van der Waals surface area contributed by atoms with Crippen LogP contribution in [0.2, 0.25) is 0 Å². The number of anilines is 1. The number of hydrogen-bond acceptors (Lipinski definition) is 3. The maximum Gasteiger partial charge on any atom is 0.119 e. The molecule has 98 valence electrons. The number of methoxy groups -OCH3 is 1. The van der Waals surface area contributed by atoms with E-state index in [0.717, 1.165) is 17.0 Å². The van der Waals surface area contributed by atoms with Crippen molar-refractivity contribution in [1.29, 1.82) is 0 Å². The zero-order valence-corrected chi connectivity index (χ0v) is 11.5. The maximum absolute atomic E-state index is 5.11. The van der Waals surface area contributed by atoms with E-state index in [1.165, 1.54) is 5.69 Å². The summed E-state index contributed by atoms with van der Waals surface area (Å²) in [6, 6.07) is 16.0. The van der Waals surface area contributed by atoms with Crippen molar-refractivity contribution in [2.45, 2.75) is 0 Å². The van der Waals surface area contributed by atoms with E-state index in [1.807, 2.05) is 44.6 Å². The van der Waals surface area contributed by atoms with Gasteiger partial charge in [0.25, 0.3) is 0 Å². The molecule has 2 rings (SSSR count). The molecule has 0 heterocycles. The van der Waals surface area contributed by atoms with Crippen LogP contribution in [-0.2, 0) is 0 Å². The molecule has 0 aliphatic carbocycles.